The van der Waals surface area contributed by atoms with Crippen LogP contribution in [0.4, 0.5) is 0 Å². The minimum atomic E-state index is -0.525. The van der Waals surface area contributed by atoms with Gasteiger partial charge < -0.3 is 19.9 Å². The zero-order valence-corrected chi connectivity index (χ0v) is 40.0. The number of H-pyrrole nitrogens is 4. The average molecular weight is 1180 g/mol. The lowest BCUT2D eigenvalue weighted by atomic mass is 9.76. The molecule has 1 aliphatic rings. The SMILES string of the molecule is CC1(c2ccc(I)cc2)c2ccc([nH]2)C(C)(c2ccc(I)cc2)c2ccc([nH]2)C(C)(c2ccc(I)cc2)c2ccc([nH]2)C(C)(c2ccc(I)cc2)c2ccc1[nH]2. The van der Waals surface area contributed by atoms with Crippen LogP contribution in [-0.4, -0.2) is 19.9 Å². The molecule has 5 heterocycles. The molecule has 0 radical (unpaired) electrons. The number of halogens is 4. The molecular formula is C48H40I4N4. The molecule has 4 aromatic heterocycles. The van der Waals surface area contributed by atoms with E-state index < -0.39 is 21.7 Å². The lowest BCUT2D eigenvalue weighted by Crippen LogP contribution is -2.32. The first-order chi connectivity index (χ1) is 26.8. The van der Waals surface area contributed by atoms with E-state index in [1.165, 1.54) is 36.5 Å². The molecule has 4 aromatic carbocycles. The standard InChI is InChI=1S/C48H40I4N4/c1-45(29-5-13-33(49)14-6-29)37-21-23-39(53-37)46(2,30-7-15-34(50)16-8-30)41-25-27-43(55-41)48(4,32-11-19-36(52)20-12-32)44-28-26-42(56-44)47(3,40-24-22-38(45)54-40)31-9-17-35(51)18-10-31/h5-28,53-56H,1-4H3. The second kappa shape index (κ2) is 14.3. The maximum atomic E-state index is 4.07. The fraction of sp³-hybridized carbons (Fsp3) is 0.167. The molecule has 56 heavy (non-hydrogen) atoms. The summed E-state index contributed by atoms with van der Waals surface area (Å²) in [6.07, 6.45) is 0. The van der Waals surface area contributed by atoms with Crippen LogP contribution in [0.1, 0.15) is 95.5 Å². The van der Waals surface area contributed by atoms with Crippen LogP contribution in [0.5, 0.6) is 0 Å². The Morgan fingerprint density at radius 2 is 0.393 bits per heavy atom. The van der Waals surface area contributed by atoms with Crippen LogP contribution >= 0.6 is 90.4 Å². The number of hydrogen-bond acceptors (Lipinski definition) is 0. The van der Waals surface area contributed by atoms with E-state index in [1.54, 1.807) is 0 Å². The molecule has 0 spiro atoms. The normalized spacial score (nSPS) is 23.3. The molecule has 4 N–H and O–H groups in total. The van der Waals surface area contributed by atoms with Crippen LogP contribution in [0.2, 0.25) is 0 Å². The van der Waals surface area contributed by atoms with E-state index in [0.29, 0.717) is 0 Å². The van der Waals surface area contributed by atoms with E-state index in [2.05, 4.69) is 284 Å². The van der Waals surface area contributed by atoms with Gasteiger partial charge in [-0.2, -0.15) is 0 Å². The molecule has 0 saturated heterocycles. The first-order valence-electron chi connectivity index (χ1n) is 18.7. The molecule has 280 valence electrons. The summed E-state index contributed by atoms with van der Waals surface area (Å²) in [5.41, 5.74) is 11.8. The van der Waals surface area contributed by atoms with E-state index in [9.17, 15) is 0 Å². The Kier molecular flexibility index (Phi) is 9.84. The molecule has 0 saturated carbocycles. The van der Waals surface area contributed by atoms with Crippen molar-refractivity contribution in [2.45, 2.75) is 49.4 Å². The summed E-state index contributed by atoms with van der Waals surface area (Å²) in [6, 6.07) is 54.3. The van der Waals surface area contributed by atoms with Gasteiger partial charge >= 0.3 is 0 Å². The summed E-state index contributed by atoms with van der Waals surface area (Å²) >= 11 is 9.61. The van der Waals surface area contributed by atoms with Crippen molar-refractivity contribution >= 4 is 90.4 Å². The van der Waals surface area contributed by atoms with E-state index in [4.69, 9.17) is 0 Å². The molecule has 0 aliphatic carbocycles. The van der Waals surface area contributed by atoms with Gasteiger partial charge in [0.2, 0.25) is 0 Å². The quantitative estimate of drug-likeness (QED) is 0.127. The molecule has 0 amide bonds. The van der Waals surface area contributed by atoms with Gasteiger partial charge in [0, 0.05) is 59.8 Å². The highest BCUT2D eigenvalue weighted by molar-refractivity contribution is 14.1. The lowest BCUT2D eigenvalue weighted by molar-refractivity contribution is 0.588. The van der Waals surface area contributed by atoms with E-state index in [0.717, 1.165) is 45.6 Å². The smallest absolute Gasteiger partial charge is 0.0723 e. The Hall–Kier alpha value is -3.08. The van der Waals surface area contributed by atoms with Crippen molar-refractivity contribution in [2.75, 3.05) is 0 Å². The van der Waals surface area contributed by atoms with Crippen LogP contribution in [0.3, 0.4) is 0 Å². The third-order valence-corrected chi connectivity index (χ3v) is 15.6. The highest BCUT2D eigenvalue weighted by Gasteiger charge is 2.43. The van der Waals surface area contributed by atoms with Crippen molar-refractivity contribution in [3.05, 3.63) is 228 Å². The molecule has 4 nitrogen and oxygen atoms in total. The zero-order valence-electron chi connectivity index (χ0n) is 31.4. The highest BCUT2D eigenvalue weighted by Crippen LogP contribution is 2.48. The molecular weight excluding hydrogens is 1140 g/mol. The van der Waals surface area contributed by atoms with Gasteiger partial charge in [0.1, 0.15) is 0 Å². The number of benzene rings is 4. The van der Waals surface area contributed by atoms with Crippen LogP contribution < -0.4 is 0 Å². The summed E-state index contributed by atoms with van der Waals surface area (Å²) in [7, 11) is 0. The third kappa shape index (κ3) is 6.04. The first-order valence-corrected chi connectivity index (χ1v) is 23.0. The summed E-state index contributed by atoms with van der Waals surface area (Å²) in [6.45, 7) is 9.39. The predicted molar refractivity (Wildman–Crippen MR) is 262 cm³/mol. The van der Waals surface area contributed by atoms with Crippen molar-refractivity contribution in [3.8, 4) is 0 Å². The van der Waals surface area contributed by atoms with Crippen molar-refractivity contribution < 1.29 is 0 Å². The number of rotatable bonds is 4. The Bertz CT molecular complexity index is 2230. The minimum Gasteiger partial charge on any atom is -0.360 e. The average Bonchev–Trinajstić information content (AvgIpc) is 4.05. The Morgan fingerprint density at radius 3 is 0.536 bits per heavy atom. The molecule has 9 rings (SSSR count). The van der Waals surface area contributed by atoms with Gasteiger partial charge in [0.25, 0.3) is 0 Å². The van der Waals surface area contributed by atoms with Gasteiger partial charge in [-0.1, -0.05) is 48.5 Å². The van der Waals surface area contributed by atoms with Gasteiger partial charge in [-0.25, -0.2) is 0 Å². The third-order valence-electron chi connectivity index (χ3n) is 12.7. The summed E-state index contributed by atoms with van der Waals surface area (Å²) in [5.74, 6) is 0. The number of fused-ring (bicyclic) bond motifs is 8. The van der Waals surface area contributed by atoms with Crippen molar-refractivity contribution in [1.82, 2.24) is 19.9 Å². The molecule has 1 aliphatic heterocycles. The van der Waals surface area contributed by atoms with E-state index in [-0.39, 0.29) is 0 Å². The van der Waals surface area contributed by atoms with Gasteiger partial charge in [0.05, 0.1) is 21.7 Å². The molecule has 8 heteroatoms. The first kappa shape index (κ1) is 38.4. The highest BCUT2D eigenvalue weighted by atomic mass is 127. The van der Waals surface area contributed by atoms with E-state index in [1.807, 2.05) is 0 Å². The largest absolute Gasteiger partial charge is 0.360 e. The fourth-order valence-electron chi connectivity index (χ4n) is 8.87. The minimum absolute atomic E-state index is 0.525. The number of hydrogen-bond donors (Lipinski definition) is 4. The van der Waals surface area contributed by atoms with Crippen LogP contribution in [0, 0.1) is 14.3 Å². The van der Waals surface area contributed by atoms with Crippen LogP contribution in [0.15, 0.2) is 146 Å². The van der Waals surface area contributed by atoms with Gasteiger partial charge in [-0.05, 0) is 237 Å². The summed E-state index contributed by atoms with van der Waals surface area (Å²) in [5, 5.41) is 0. The Morgan fingerprint density at radius 1 is 0.250 bits per heavy atom. The molecule has 8 aromatic rings. The number of aromatic amines is 4. The Labute approximate surface area is 383 Å². The van der Waals surface area contributed by atoms with Crippen molar-refractivity contribution in [3.63, 3.8) is 0 Å². The van der Waals surface area contributed by atoms with Gasteiger partial charge in [-0.15, -0.1) is 0 Å². The van der Waals surface area contributed by atoms with Crippen molar-refractivity contribution in [1.29, 1.82) is 0 Å². The Balaban J connectivity index is 1.37. The lowest BCUT2D eigenvalue weighted by Gasteiger charge is -2.34. The second-order valence-electron chi connectivity index (χ2n) is 15.7. The second-order valence-corrected chi connectivity index (χ2v) is 20.7. The van der Waals surface area contributed by atoms with Crippen LogP contribution in [0.25, 0.3) is 0 Å². The number of nitrogens with one attached hydrogen (secondary N) is 4. The molecule has 0 unspecified atom stereocenters. The van der Waals surface area contributed by atoms with Crippen molar-refractivity contribution in [2.24, 2.45) is 0 Å². The monoisotopic (exact) mass is 1180 g/mol. The molecule has 0 atom stereocenters. The maximum absolute atomic E-state index is 4.07. The number of aromatic nitrogens is 4. The van der Waals surface area contributed by atoms with Crippen LogP contribution in [-0.2, 0) is 21.7 Å². The topological polar surface area (TPSA) is 63.2 Å². The molecule has 8 bridgehead atoms. The fourth-order valence-corrected chi connectivity index (χ4v) is 10.3. The predicted octanol–water partition coefficient (Wildman–Crippen LogP) is 13.1. The summed E-state index contributed by atoms with van der Waals surface area (Å²) in [4.78, 5) is 16.3. The maximum Gasteiger partial charge on any atom is 0.0723 e. The van der Waals surface area contributed by atoms with Gasteiger partial charge in [0.15, 0.2) is 0 Å². The van der Waals surface area contributed by atoms with E-state index >= 15 is 0 Å². The zero-order chi connectivity index (χ0) is 39.0. The summed E-state index contributed by atoms with van der Waals surface area (Å²) < 4.78 is 4.84. The van der Waals surface area contributed by atoms with Gasteiger partial charge in [-0.3, -0.25) is 0 Å². The molecule has 0 fully saturated rings.